The second-order valence-electron chi connectivity index (χ2n) is 5.12. The van der Waals surface area contributed by atoms with E-state index >= 15 is 0 Å². The van der Waals surface area contributed by atoms with E-state index in [0.29, 0.717) is 4.99 Å². The largest absolute Gasteiger partial charge is 0.389 e. The molecule has 0 spiro atoms. The Morgan fingerprint density at radius 2 is 2.00 bits per heavy atom. The van der Waals surface area contributed by atoms with Crippen LogP contribution in [-0.4, -0.2) is 11.5 Å². The number of thiocarbonyl (C=S) groups is 1. The summed E-state index contributed by atoms with van der Waals surface area (Å²) in [6.07, 6.45) is 0. The van der Waals surface area contributed by atoms with Gasteiger partial charge in [0.05, 0.1) is 0 Å². The van der Waals surface area contributed by atoms with Gasteiger partial charge in [0.2, 0.25) is 0 Å². The van der Waals surface area contributed by atoms with Crippen molar-refractivity contribution in [2.24, 2.45) is 5.73 Å². The van der Waals surface area contributed by atoms with Gasteiger partial charge >= 0.3 is 0 Å². The lowest BCUT2D eigenvalue weighted by atomic mass is 9.91. The Balaban J connectivity index is 2.13. The number of hydrogen-bond acceptors (Lipinski definition) is 3. The molecule has 0 radical (unpaired) electrons. The minimum absolute atomic E-state index is 0.0808. The number of anilines is 1. The first-order valence-corrected chi connectivity index (χ1v) is 7.46. The van der Waals surface area contributed by atoms with Gasteiger partial charge in [-0.3, -0.25) is 0 Å². The molecule has 4 heteroatoms. The van der Waals surface area contributed by atoms with Gasteiger partial charge in [0.15, 0.2) is 0 Å². The Morgan fingerprint density at radius 1 is 1.26 bits per heavy atom. The quantitative estimate of drug-likeness (QED) is 0.823. The third kappa shape index (κ3) is 3.33. The van der Waals surface area contributed by atoms with E-state index in [1.54, 1.807) is 11.3 Å². The fourth-order valence-corrected chi connectivity index (χ4v) is 2.95. The molecule has 2 rings (SSSR count). The van der Waals surface area contributed by atoms with Crippen LogP contribution in [0.25, 0.3) is 0 Å². The Hall–Kier alpha value is -1.39. The van der Waals surface area contributed by atoms with E-state index in [4.69, 9.17) is 18.0 Å². The second kappa shape index (κ2) is 5.72. The molecule has 0 fully saturated rings. The molecule has 19 heavy (non-hydrogen) atoms. The molecule has 0 atom stereocenters. The molecule has 0 amide bonds. The zero-order valence-corrected chi connectivity index (χ0v) is 12.8. The van der Waals surface area contributed by atoms with Gasteiger partial charge in [-0.25, -0.2) is 0 Å². The lowest BCUT2D eigenvalue weighted by Crippen LogP contribution is -2.27. The standard InChI is InChI=1S/C15H18N2S2/c1-15(2,13-8-5-9-19-13)10-17-12-7-4-3-6-11(12)14(16)18/h3-9,17H,10H2,1-2H3,(H2,16,18). The average molecular weight is 290 g/mol. The summed E-state index contributed by atoms with van der Waals surface area (Å²) in [6.45, 7) is 5.30. The average Bonchev–Trinajstić information content (AvgIpc) is 2.91. The van der Waals surface area contributed by atoms with Crippen LogP contribution in [-0.2, 0) is 5.41 Å². The topological polar surface area (TPSA) is 38.0 Å². The van der Waals surface area contributed by atoms with Crippen LogP contribution < -0.4 is 11.1 Å². The molecule has 3 N–H and O–H groups in total. The minimum Gasteiger partial charge on any atom is -0.389 e. The molecule has 2 aromatic rings. The van der Waals surface area contributed by atoms with Crippen LogP contribution in [0.2, 0.25) is 0 Å². The molecule has 1 heterocycles. The summed E-state index contributed by atoms with van der Waals surface area (Å²) >= 11 is 6.86. The van der Waals surface area contributed by atoms with E-state index < -0.39 is 0 Å². The Labute approximate surface area is 123 Å². The number of nitrogens with two attached hydrogens (primary N) is 1. The fraction of sp³-hybridized carbons (Fsp3) is 0.267. The van der Waals surface area contributed by atoms with Crippen molar-refractivity contribution >= 4 is 34.2 Å². The van der Waals surface area contributed by atoms with Crippen molar-refractivity contribution in [3.63, 3.8) is 0 Å². The molecule has 0 bridgehead atoms. The molecule has 0 saturated carbocycles. The predicted octanol–water partition coefficient (Wildman–Crippen LogP) is 3.77. The van der Waals surface area contributed by atoms with Crippen LogP contribution in [0.3, 0.4) is 0 Å². The van der Waals surface area contributed by atoms with Crippen LogP contribution in [0, 0.1) is 0 Å². The second-order valence-corrected chi connectivity index (χ2v) is 6.51. The third-order valence-electron chi connectivity index (χ3n) is 3.10. The zero-order chi connectivity index (χ0) is 13.9. The summed E-state index contributed by atoms with van der Waals surface area (Å²) in [6, 6.07) is 12.2. The summed E-state index contributed by atoms with van der Waals surface area (Å²) in [4.78, 5) is 1.80. The molecule has 0 unspecified atom stereocenters. The highest BCUT2D eigenvalue weighted by atomic mass is 32.1. The maximum Gasteiger partial charge on any atom is 0.106 e. The van der Waals surface area contributed by atoms with E-state index in [0.717, 1.165) is 17.8 Å². The van der Waals surface area contributed by atoms with Gasteiger partial charge in [-0.15, -0.1) is 11.3 Å². The van der Waals surface area contributed by atoms with Crippen molar-refractivity contribution in [3.8, 4) is 0 Å². The smallest absolute Gasteiger partial charge is 0.106 e. The van der Waals surface area contributed by atoms with Gasteiger partial charge in [0, 0.05) is 28.1 Å². The molecular weight excluding hydrogens is 272 g/mol. The molecule has 100 valence electrons. The van der Waals surface area contributed by atoms with Crippen molar-refractivity contribution in [2.45, 2.75) is 19.3 Å². The first kappa shape index (κ1) is 14.0. The molecule has 0 aliphatic rings. The van der Waals surface area contributed by atoms with E-state index in [1.807, 2.05) is 24.3 Å². The molecular formula is C15H18N2S2. The Kier molecular flexibility index (Phi) is 4.22. The Morgan fingerprint density at radius 3 is 2.63 bits per heavy atom. The van der Waals surface area contributed by atoms with Crippen LogP contribution in [0.1, 0.15) is 24.3 Å². The highest BCUT2D eigenvalue weighted by Gasteiger charge is 2.21. The third-order valence-corrected chi connectivity index (χ3v) is 4.56. The maximum atomic E-state index is 5.74. The van der Waals surface area contributed by atoms with Crippen LogP contribution in [0.4, 0.5) is 5.69 Å². The molecule has 0 aliphatic heterocycles. The highest BCUT2D eigenvalue weighted by Crippen LogP contribution is 2.28. The molecule has 2 nitrogen and oxygen atoms in total. The minimum atomic E-state index is 0.0808. The van der Waals surface area contributed by atoms with E-state index in [9.17, 15) is 0 Å². The van der Waals surface area contributed by atoms with Crippen LogP contribution >= 0.6 is 23.6 Å². The van der Waals surface area contributed by atoms with E-state index in [2.05, 4.69) is 36.7 Å². The number of para-hydroxylation sites is 1. The van der Waals surface area contributed by atoms with Crippen LogP contribution in [0.5, 0.6) is 0 Å². The normalized spacial score (nSPS) is 11.3. The van der Waals surface area contributed by atoms with Gasteiger partial charge in [0.25, 0.3) is 0 Å². The lowest BCUT2D eigenvalue weighted by Gasteiger charge is -2.25. The molecule has 1 aromatic heterocycles. The van der Waals surface area contributed by atoms with Crippen molar-refractivity contribution in [1.82, 2.24) is 0 Å². The molecule has 1 aromatic carbocycles. The summed E-state index contributed by atoms with van der Waals surface area (Å²) < 4.78 is 0. The van der Waals surface area contributed by atoms with Crippen LogP contribution in [0.15, 0.2) is 41.8 Å². The predicted molar refractivity (Wildman–Crippen MR) is 88.2 cm³/mol. The molecule has 0 saturated heterocycles. The molecule has 0 aliphatic carbocycles. The van der Waals surface area contributed by atoms with Crippen molar-refractivity contribution in [3.05, 3.63) is 52.2 Å². The highest BCUT2D eigenvalue weighted by molar-refractivity contribution is 7.80. The summed E-state index contributed by atoms with van der Waals surface area (Å²) in [7, 11) is 0. The number of hydrogen-bond donors (Lipinski definition) is 2. The first-order valence-electron chi connectivity index (χ1n) is 6.17. The maximum absolute atomic E-state index is 5.74. The SMILES string of the molecule is CC(C)(CNc1ccccc1C(N)=S)c1cccs1. The van der Waals surface area contributed by atoms with Gasteiger partial charge in [0.1, 0.15) is 4.99 Å². The number of nitrogens with one attached hydrogen (secondary N) is 1. The van der Waals surface area contributed by atoms with Crippen molar-refractivity contribution in [1.29, 1.82) is 0 Å². The van der Waals surface area contributed by atoms with Gasteiger partial charge in [-0.2, -0.15) is 0 Å². The Bertz CT molecular complexity index is 559. The first-order chi connectivity index (χ1) is 9.00. The monoisotopic (exact) mass is 290 g/mol. The zero-order valence-electron chi connectivity index (χ0n) is 11.1. The lowest BCUT2D eigenvalue weighted by molar-refractivity contribution is 0.569. The fourth-order valence-electron chi connectivity index (χ4n) is 1.92. The van der Waals surface area contributed by atoms with E-state index in [1.165, 1.54) is 4.88 Å². The summed E-state index contributed by atoms with van der Waals surface area (Å²) in [5, 5.41) is 5.57. The van der Waals surface area contributed by atoms with Gasteiger partial charge < -0.3 is 11.1 Å². The van der Waals surface area contributed by atoms with Gasteiger partial charge in [-0.05, 0) is 23.6 Å². The summed E-state index contributed by atoms with van der Waals surface area (Å²) in [5.74, 6) is 0. The number of benzene rings is 1. The van der Waals surface area contributed by atoms with Crippen molar-refractivity contribution < 1.29 is 0 Å². The number of rotatable bonds is 5. The van der Waals surface area contributed by atoms with Crippen molar-refractivity contribution in [2.75, 3.05) is 11.9 Å². The van der Waals surface area contributed by atoms with Gasteiger partial charge in [-0.1, -0.05) is 44.3 Å². The summed E-state index contributed by atoms with van der Waals surface area (Å²) in [5.41, 5.74) is 7.72. The number of thiophene rings is 1. The van der Waals surface area contributed by atoms with E-state index in [-0.39, 0.29) is 5.41 Å².